The fourth-order valence-corrected chi connectivity index (χ4v) is 3.37. The Bertz CT molecular complexity index is 1020. The number of para-hydroxylation sites is 4. The SMILES string of the molecule is C=CCn1c(COCc2nc3ccccc3n2CC=C)nc2ccccc21. The third kappa shape index (κ3) is 3.29. The van der Waals surface area contributed by atoms with Gasteiger partial charge in [-0.05, 0) is 24.3 Å². The molecule has 0 unspecified atom stereocenters. The van der Waals surface area contributed by atoms with Crippen molar-refractivity contribution in [1.29, 1.82) is 0 Å². The molecule has 0 atom stereocenters. The Labute approximate surface area is 158 Å². The van der Waals surface area contributed by atoms with Gasteiger partial charge in [-0.2, -0.15) is 0 Å². The van der Waals surface area contributed by atoms with Gasteiger partial charge in [0.05, 0.1) is 22.1 Å². The van der Waals surface area contributed by atoms with Crippen molar-refractivity contribution in [2.45, 2.75) is 26.3 Å². The highest BCUT2D eigenvalue weighted by Crippen LogP contribution is 2.19. The third-order valence-electron chi connectivity index (χ3n) is 4.55. The maximum atomic E-state index is 6.00. The number of hydrogen-bond donors (Lipinski definition) is 0. The minimum Gasteiger partial charge on any atom is -0.366 e. The van der Waals surface area contributed by atoms with Gasteiger partial charge in [0.1, 0.15) is 24.9 Å². The largest absolute Gasteiger partial charge is 0.366 e. The maximum absolute atomic E-state index is 6.00. The molecule has 0 radical (unpaired) electrons. The van der Waals surface area contributed by atoms with Gasteiger partial charge < -0.3 is 13.9 Å². The average molecular weight is 358 g/mol. The molecule has 0 saturated carbocycles. The third-order valence-corrected chi connectivity index (χ3v) is 4.55. The summed E-state index contributed by atoms with van der Waals surface area (Å²) in [6, 6.07) is 16.2. The van der Waals surface area contributed by atoms with Crippen LogP contribution in [-0.2, 0) is 31.0 Å². The van der Waals surface area contributed by atoms with Crippen LogP contribution in [-0.4, -0.2) is 19.1 Å². The zero-order valence-electron chi connectivity index (χ0n) is 15.2. The Morgan fingerprint density at radius 2 is 1.19 bits per heavy atom. The zero-order valence-corrected chi connectivity index (χ0v) is 15.2. The Morgan fingerprint density at radius 3 is 1.63 bits per heavy atom. The summed E-state index contributed by atoms with van der Waals surface area (Å²) in [5.41, 5.74) is 4.12. The summed E-state index contributed by atoms with van der Waals surface area (Å²) in [5.74, 6) is 1.78. The summed E-state index contributed by atoms with van der Waals surface area (Å²) in [4.78, 5) is 9.42. The molecule has 0 amide bonds. The Morgan fingerprint density at radius 1 is 0.741 bits per heavy atom. The van der Waals surface area contributed by atoms with E-state index in [-0.39, 0.29) is 0 Å². The first kappa shape index (κ1) is 17.2. The molecule has 0 aliphatic carbocycles. The van der Waals surface area contributed by atoms with Crippen molar-refractivity contribution in [3.05, 3.63) is 85.5 Å². The molecule has 4 rings (SSSR count). The fourth-order valence-electron chi connectivity index (χ4n) is 3.37. The van der Waals surface area contributed by atoms with E-state index in [1.54, 1.807) is 0 Å². The summed E-state index contributed by atoms with van der Waals surface area (Å²) in [5, 5.41) is 0. The number of nitrogens with zero attached hydrogens (tertiary/aromatic N) is 4. The van der Waals surface area contributed by atoms with Crippen molar-refractivity contribution >= 4 is 22.1 Å². The van der Waals surface area contributed by atoms with Gasteiger partial charge in [-0.15, -0.1) is 13.2 Å². The molecule has 0 fully saturated rings. The van der Waals surface area contributed by atoms with Crippen LogP contribution in [0.15, 0.2) is 73.8 Å². The first-order valence-electron chi connectivity index (χ1n) is 8.99. The lowest BCUT2D eigenvalue weighted by Gasteiger charge is -2.09. The van der Waals surface area contributed by atoms with Gasteiger partial charge in [-0.1, -0.05) is 36.4 Å². The van der Waals surface area contributed by atoms with Gasteiger partial charge in [0.25, 0.3) is 0 Å². The first-order chi connectivity index (χ1) is 13.3. The van der Waals surface area contributed by atoms with E-state index in [0.29, 0.717) is 26.3 Å². The second-order valence-corrected chi connectivity index (χ2v) is 6.32. The molecule has 2 heterocycles. The lowest BCUT2D eigenvalue weighted by Crippen LogP contribution is -2.08. The van der Waals surface area contributed by atoms with Crippen molar-refractivity contribution in [3.8, 4) is 0 Å². The molecule has 0 spiro atoms. The van der Waals surface area contributed by atoms with Crippen molar-refractivity contribution in [2.24, 2.45) is 0 Å². The molecule has 5 heteroatoms. The van der Waals surface area contributed by atoms with E-state index in [4.69, 9.17) is 14.7 Å². The van der Waals surface area contributed by atoms with Crippen LogP contribution in [0, 0.1) is 0 Å². The van der Waals surface area contributed by atoms with E-state index < -0.39 is 0 Å². The highest BCUT2D eigenvalue weighted by molar-refractivity contribution is 5.76. The van der Waals surface area contributed by atoms with Gasteiger partial charge in [0.15, 0.2) is 0 Å². The quantitative estimate of drug-likeness (QED) is 0.436. The van der Waals surface area contributed by atoms with Crippen molar-refractivity contribution < 1.29 is 4.74 Å². The number of aromatic nitrogens is 4. The Kier molecular flexibility index (Phi) is 4.85. The van der Waals surface area contributed by atoms with Crippen LogP contribution in [0.3, 0.4) is 0 Å². The summed E-state index contributed by atoms with van der Waals surface area (Å²) in [7, 11) is 0. The van der Waals surface area contributed by atoms with Gasteiger partial charge in [0, 0.05) is 13.1 Å². The second-order valence-electron chi connectivity index (χ2n) is 6.32. The molecule has 0 N–H and O–H groups in total. The summed E-state index contributed by atoms with van der Waals surface area (Å²) >= 11 is 0. The molecular weight excluding hydrogens is 336 g/mol. The maximum Gasteiger partial charge on any atom is 0.136 e. The molecule has 136 valence electrons. The van der Waals surface area contributed by atoms with E-state index in [1.807, 2.05) is 48.6 Å². The number of hydrogen-bond acceptors (Lipinski definition) is 3. The highest BCUT2D eigenvalue weighted by Gasteiger charge is 2.12. The van der Waals surface area contributed by atoms with E-state index in [1.165, 1.54) is 0 Å². The van der Waals surface area contributed by atoms with Crippen LogP contribution >= 0.6 is 0 Å². The topological polar surface area (TPSA) is 44.9 Å². The van der Waals surface area contributed by atoms with E-state index in [9.17, 15) is 0 Å². The molecule has 5 nitrogen and oxygen atoms in total. The Hall–Kier alpha value is -3.18. The molecule has 4 aromatic rings. The highest BCUT2D eigenvalue weighted by atomic mass is 16.5. The van der Waals surface area contributed by atoms with Crippen molar-refractivity contribution in [2.75, 3.05) is 0 Å². The number of fused-ring (bicyclic) bond motifs is 2. The van der Waals surface area contributed by atoms with E-state index in [2.05, 4.69) is 34.4 Å². The van der Waals surface area contributed by atoms with Gasteiger partial charge >= 0.3 is 0 Å². The average Bonchev–Trinajstić information content (AvgIpc) is 3.21. The van der Waals surface area contributed by atoms with Crippen molar-refractivity contribution in [3.63, 3.8) is 0 Å². The molecule has 0 bridgehead atoms. The van der Waals surface area contributed by atoms with Crippen molar-refractivity contribution in [1.82, 2.24) is 19.1 Å². The number of allylic oxidation sites excluding steroid dienone is 2. The number of imidazole rings is 2. The van der Waals surface area contributed by atoms with Gasteiger partial charge in [-0.3, -0.25) is 0 Å². The fraction of sp³-hybridized carbons (Fsp3) is 0.182. The summed E-state index contributed by atoms with van der Waals surface area (Å²) in [6.45, 7) is 9.95. The normalized spacial score (nSPS) is 11.3. The van der Waals surface area contributed by atoms with Gasteiger partial charge in [0.2, 0.25) is 0 Å². The van der Waals surface area contributed by atoms with Gasteiger partial charge in [-0.25, -0.2) is 9.97 Å². The van der Waals surface area contributed by atoms with E-state index in [0.717, 1.165) is 33.7 Å². The molecule has 0 saturated heterocycles. The molecule has 27 heavy (non-hydrogen) atoms. The smallest absolute Gasteiger partial charge is 0.136 e. The van der Waals surface area contributed by atoms with Crippen LogP contribution in [0.2, 0.25) is 0 Å². The predicted octanol–water partition coefficient (Wildman–Crippen LogP) is 4.47. The van der Waals surface area contributed by atoms with Crippen LogP contribution in [0.5, 0.6) is 0 Å². The second kappa shape index (κ2) is 7.60. The minimum atomic E-state index is 0.416. The summed E-state index contributed by atoms with van der Waals surface area (Å²) < 4.78 is 10.3. The van der Waals surface area contributed by atoms with Crippen LogP contribution < -0.4 is 0 Å². The monoisotopic (exact) mass is 358 g/mol. The molecule has 2 aromatic heterocycles. The van der Waals surface area contributed by atoms with Crippen LogP contribution in [0.25, 0.3) is 22.1 Å². The molecule has 0 aliphatic rings. The lowest BCUT2D eigenvalue weighted by molar-refractivity contribution is 0.0932. The van der Waals surface area contributed by atoms with Crippen LogP contribution in [0.1, 0.15) is 11.6 Å². The molecule has 2 aromatic carbocycles. The minimum absolute atomic E-state index is 0.416. The first-order valence-corrected chi connectivity index (χ1v) is 8.99. The molecular formula is C22H22N4O. The number of ether oxygens (including phenoxy) is 1. The Balaban J connectivity index is 1.57. The zero-order chi connectivity index (χ0) is 18.6. The standard InChI is InChI=1S/C22H22N4O/c1-3-13-25-19-11-7-5-9-17(19)23-21(25)15-27-16-22-24-18-10-6-8-12-20(18)26(22)14-4-2/h3-12H,1-2,13-16H2. The lowest BCUT2D eigenvalue weighted by atomic mass is 10.3. The molecule has 0 aliphatic heterocycles. The number of rotatable bonds is 8. The number of benzene rings is 2. The van der Waals surface area contributed by atoms with E-state index >= 15 is 0 Å². The van der Waals surface area contributed by atoms with Crippen LogP contribution in [0.4, 0.5) is 0 Å². The predicted molar refractivity (Wildman–Crippen MR) is 108 cm³/mol. The summed E-state index contributed by atoms with van der Waals surface area (Å²) in [6.07, 6.45) is 3.75.